The van der Waals surface area contributed by atoms with Crippen LogP contribution in [0.15, 0.2) is 12.7 Å². The summed E-state index contributed by atoms with van der Waals surface area (Å²) >= 11 is 0. The van der Waals surface area contributed by atoms with E-state index in [9.17, 15) is 9.59 Å². The van der Waals surface area contributed by atoms with Gasteiger partial charge in [0.15, 0.2) is 0 Å². The van der Waals surface area contributed by atoms with Gasteiger partial charge in [-0.3, -0.25) is 9.59 Å². The molecule has 0 heterocycles. The van der Waals surface area contributed by atoms with Crippen LogP contribution < -0.4 is 5.73 Å². The Hall–Kier alpha value is -1.32. The van der Waals surface area contributed by atoms with Gasteiger partial charge in [0.1, 0.15) is 6.61 Å². The number of nitrogens with two attached hydrogens (primary N) is 1. The molecular weight excluding hydrogens is 146 g/mol. The Labute approximate surface area is 65.0 Å². The zero-order valence-electron chi connectivity index (χ0n) is 6.21. The van der Waals surface area contributed by atoms with Gasteiger partial charge in [0.25, 0.3) is 0 Å². The second-order valence-electron chi connectivity index (χ2n) is 1.94. The minimum atomic E-state index is -0.499. The lowest BCUT2D eigenvalue weighted by Gasteiger charge is -1.98. The van der Waals surface area contributed by atoms with Gasteiger partial charge in [-0.15, -0.1) is 0 Å². The molecule has 0 aromatic rings. The summed E-state index contributed by atoms with van der Waals surface area (Å²) in [4.78, 5) is 20.8. The van der Waals surface area contributed by atoms with E-state index < -0.39 is 11.9 Å². The van der Waals surface area contributed by atoms with Crippen molar-refractivity contribution in [2.24, 2.45) is 5.73 Å². The Bertz CT molecular complexity index is 165. The highest BCUT2D eigenvalue weighted by molar-refractivity contribution is 5.79. The maximum atomic E-state index is 10.6. The van der Waals surface area contributed by atoms with E-state index in [4.69, 9.17) is 5.73 Å². The summed E-state index contributed by atoms with van der Waals surface area (Å²) in [5.41, 5.74) is 4.80. The van der Waals surface area contributed by atoms with Crippen LogP contribution in [0.25, 0.3) is 0 Å². The first kappa shape index (κ1) is 9.68. The molecule has 11 heavy (non-hydrogen) atoms. The van der Waals surface area contributed by atoms with E-state index in [1.807, 2.05) is 0 Å². The lowest BCUT2D eigenvalue weighted by molar-refractivity contribution is -0.143. The summed E-state index contributed by atoms with van der Waals surface area (Å²) in [7, 11) is 0. The SMILES string of the molecule is C=CCOC(=O)CCC(N)=O. The summed E-state index contributed by atoms with van der Waals surface area (Å²) in [5.74, 6) is -0.927. The van der Waals surface area contributed by atoms with Gasteiger partial charge < -0.3 is 10.5 Å². The van der Waals surface area contributed by atoms with E-state index in [-0.39, 0.29) is 19.4 Å². The van der Waals surface area contributed by atoms with Crippen molar-refractivity contribution in [2.75, 3.05) is 6.61 Å². The molecule has 0 fully saturated rings. The van der Waals surface area contributed by atoms with Crippen LogP contribution in [0.2, 0.25) is 0 Å². The van der Waals surface area contributed by atoms with Crippen LogP contribution in [-0.2, 0) is 14.3 Å². The average molecular weight is 157 g/mol. The number of rotatable bonds is 5. The normalized spacial score (nSPS) is 8.73. The van der Waals surface area contributed by atoms with E-state index in [0.29, 0.717) is 0 Å². The summed E-state index contributed by atoms with van der Waals surface area (Å²) < 4.78 is 4.58. The van der Waals surface area contributed by atoms with Gasteiger partial charge in [-0.25, -0.2) is 0 Å². The standard InChI is InChI=1S/C7H11NO3/c1-2-5-11-7(10)4-3-6(8)9/h2H,1,3-5H2,(H2,8,9). The van der Waals surface area contributed by atoms with Gasteiger partial charge in [-0.1, -0.05) is 12.7 Å². The van der Waals surface area contributed by atoms with E-state index >= 15 is 0 Å². The Balaban J connectivity index is 3.37. The molecule has 0 saturated carbocycles. The first-order valence-corrected chi connectivity index (χ1v) is 3.21. The van der Waals surface area contributed by atoms with Gasteiger partial charge in [-0.05, 0) is 0 Å². The molecule has 4 nitrogen and oxygen atoms in total. The average Bonchev–Trinajstić information content (AvgIpc) is 1.97. The van der Waals surface area contributed by atoms with E-state index in [0.717, 1.165) is 0 Å². The smallest absolute Gasteiger partial charge is 0.306 e. The van der Waals surface area contributed by atoms with Crippen molar-refractivity contribution in [1.29, 1.82) is 0 Å². The molecule has 0 aliphatic heterocycles. The number of amides is 1. The van der Waals surface area contributed by atoms with Crippen molar-refractivity contribution in [3.8, 4) is 0 Å². The zero-order valence-corrected chi connectivity index (χ0v) is 6.21. The third kappa shape index (κ3) is 6.57. The van der Waals surface area contributed by atoms with E-state index in [1.165, 1.54) is 6.08 Å². The van der Waals surface area contributed by atoms with Gasteiger partial charge >= 0.3 is 5.97 Å². The topological polar surface area (TPSA) is 69.4 Å². The van der Waals surface area contributed by atoms with E-state index in [2.05, 4.69) is 11.3 Å². The summed E-state index contributed by atoms with van der Waals surface area (Å²) in [6.07, 6.45) is 1.54. The van der Waals surface area contributed by atoms with Crippen LogP contribution in [0.4, 0.5) is 0 Å². The summed E-state index contributed by atoms with van der Waals surface area (Å²) in [5, 5.41) is 0. The fraction of sp³-hybridized carbons (Fsp3) is 0.429. The molecule has 0 radical (unpaired) electrons. The molecule has 0 aliphatic carbocycles. The zero-order chi connectivity index (χ0) is 8.69. The molecular formula is C7H11NO3. The maximum Gasteiger partial charge on any atom is 0.306 e. The van der Waals surface area contributed by atoms with Crippen LogP contribution in [0, 0.1) is 0 Å². The quantitative estimate of drug-likeness (QED) is 0.450. The largest absolute Gasteiger partial charge is 0.461 e. The van der Waals surface area contributed by atoms with Gasteiger partial charge in [-0.2, -0.15) is 0 Å². The number of hydrogen-bond donors (Lipinski definition) is 1. The highest BCUT2D eigenvalue weighted by Gasteiger charge is 2.03. The fourth-order valence-electron chi connectivity index (χ4n) is 0.449. The molecule has 0 aromatic heterocycles. The highest BCUT2D eigenvalue weighted by Crippen LogP contribution is 1.91. The third-order valence-electron chi connectivity index (χ3n) is 0.938. The number of primary amides is 1. The Morgan fingerprint density at radius 3 is 2.55 bits per heavy atom. The summed E-state index contributed by atoms with van der Waals surface area (Å²) in [6.45, 7) is 3.54. The fourth-order valence-corrected chi connectivity index (χ4v) is 0.449. The molecule has 0 saturated heterocycles. The molecule has 0 atom stereocenters. The van der Waals surface area contributed by atoms with Crippen LogP contribution in [0.5, 0.6) is 0 Å². The second-order valence-corrected chi connectivity index (χ2v) is 1.94. The molecule has 4 heteroatoms. The number of hydrogen-bond acceptors (Lipinski definition) is 3. The minimum absolute atomic E-state index is 0.0377. The van der Waals surface area contributed by atoms with Crippen LogP contribution in [0.1, 0.15) is 12.8 Å². The first-order valence-electron chi connectivity index (χ1n) is 3.21. The minimum Gasteiger partial charge on any atom is -0.461 e. The Morgan fingerprint density at radius 2 is 2.09 bits per heavy atom. The molecule has 62 valence electrons. The van der Waals surface area contributed by atoms with Crippen LogP contribution >= 0.6 is 0 Å². The van der Waals surface area contributed by atoms with Crippen molar-refractivity contribution in [3.63, 3.8) is 0 Å². The number of esters is 1. The molecule has 0 unspecified atom stereocenters. The van der Waals surface area contributed by atoms with Crippen molar-refractivity contribution in [2.45, 2.75) is 12.8 Å². The molecule has 0 rings (SSSR count). The molecule has 1 amide bonds. The third-order valence-corrected chi connectivity index (χ3v) is 0.938. The second kappa shape index (κ2) is 5.46. The first-order chi connectivity index (χ1) is 5.16. The number of ether oxygens (including phenoxy) is 1. The lowest BCUT2D eigenvalue weighted by atomic mass is 10.3. The predicted octanol–water partition coefficient (Wildman–Crippen LogP) is -0.0189. The number of carbonyl (C=O) groups is 2. The highest BCUT2D eigenvalue weighted by atomic mass is 16.5. The van der Waals surface area contributed by atoms with Gasteiger partial charge in [0.05, 0.1) is 6.42 Å². The molecule has 0 spiro atoms. The van der Waals surface area contributed by atoms with E-state index in [1.54, 1.807) is 0 Å². The van der Waals surface area contributed by atoms with Crippen LogP contribution in [0.3, 0.4) is 0 Å². The van der Waals surface area contributed by atoms with Crippen molar-refractivity contribution >= 4 is 11.9 Å². The molecule has 2 N–H and O–H groups in total. The van der Waals surface area contributed by atoms with Crippen molar-refractivity contribution in [1.82, 2.24) is 0 Å². The maximum absolute atomic E-state index is 10.6. The lowest BCUT2D eigenvalue weighted by Crippen LogP contribution is -2.14. The van der Waals surface area contributed by atoms with Gasteiger partial charge in [0, 0.05) is 6.42 Å². The molecule has 0 aromatic carbocycles. The predicted molar refractivity (Wildman–Crippen MR) is 39.6 cm³/mol. The summed E-state index contributed by atoms with van der Waals surface area (Å²) in [6, 6.07) is 0. The van der Waals surface area contributed by atoms with Crippen molar-refractivity contribution in [3.05, 3.63) is 12.7 Å². The van der Waals surface area contributed by atoms with Gasteiger partial charge in [0.2, 0.25) is 5.91 Å². The molecule has 0 bridgehead atoms. The van der Waals surface area contributed by atoms with Crippen molar-refractivity contribution < 1.29 is 14.3 Å². The monoisotopic (exact) mass is 157 g/mol. The Kier molecular flexibility index (Phi) is 4.81. The Morgan fingerprint density at radius 1 is 1.45 bits per heavy atom. The number of carbonyl (C=O) groups excluding carboxylic acids is 2. The van der Waals surface area contributed by atoms with Crippen LogP contribution in [-0.4, -0.2) is 18.5 Å². The molecule has 0 aliphatic rings.